The van der Waals surface area contributed by atoms with Gasteiger partial charge in [0.25, 0.3) is 0 Å². The molecule has 5 heteroatoms. The molecule has 1 aliphatic rings. The summed E-state index contributed by atoms with van der Waals surface area (Å²) >= 11 is 0. The maximum Gasteiger partial charge on any atom is 0.247 e. The predicted octanol–water partition coefficient (Wildman–Crippen LogP) is 3.40. The van der Waals surface area contributed by atoms with Crippen molar-refractivity contribution < 1.29 is 9.15 Å². The first-order chi connectivity index (χ1) is 12.4. The van der Waals surface area contributed by atoms with Gasteiger partial charge in [-0.25, -0.2) is 0 Å². The van der Waals surface area contributed by atoms with Gasteiger partial charge in [-0.15, -0.1) is 10.2 Å². The zero-order valence-electron chi connectivity index (χ0n) is 14.0. The first kappa shape index (κ1) is 16.0. The summed E-state index contributed by atoms with van der Waals surface area (Å²) in [6.07, 6.45) is 3.71. The maximum absolute atomic E-state index is 6.07. The number of ether oxygens (including phenoxy) is 1. The van der Waals surface area contributed by atoms with E-state index in [0.717, 1.165) is 24.9 Å². The number of benzene rings is 2. The van der Waals surface area contributed by atoms with Crippen LogP contribution >= 0.6 is 0 Å². The quantitative estimate of drug-likeness (QED) is 0.774. The number of nitrogens with one attached hydrogen (secondary N) is 1. The fraction of sp³-hybridized carbons (Fsp3) is 0.300. The highest BCUT2D eigenvalue weighted by Gasteiger charge is 2.22. The van der Waals surface area contributed by atoms with Crippen molar-refractivity contribution in [3.63, 3.8) is 0 Å². The summed E-state index contributed by atoms with van der Waals surface area (Å²) in [5.74, 6) is 0.542. The first-order valence-electron chi connectivity index (χ1n) is 8.64. The van der Waals surface area contributed by atoms with Crippen LogP contribution in [0.1, 0.15) is 23.6 Å². The van der Waals surface area contributed by atoms with E-state index in [0.29, 0.717) is 12.5 Å². The molecule has 0 saturated carbocycles. The molecule has 1 fully saturated rings. The lowest BCUT2D eigenvalue weighted by Crippen LogP contribution is -2.41. The zero-order valence-corrected chi connectivity index (χ0v) is 14.0. The summed E-state index contributed by atoms with van der Waals surface area (Å²) in [7, 11) is 0. The monoisotopic (exact) mass is 335 g/mol. The molecule has 1 aromatic heterocycles. The van der Waals surface area contributed by atoms with Gasteiger partial charge in [0.05, 0.1) is 18.8 Å². The highest BCUT2D eigenvalue weighted by atomic mass is 16.5. The van der Waals surface area contributed by atoms with Gasteiger partial charge in [-0.3, -0.25) is 0 Å². The molecule has 1 saturated heterocycles. The molecule has 5 nitrogen and oxygen atoms in total. The molecule has 1 N–H and O–H groups in total. The minimum Gasteiger partial charge on any atom is -0.423 e. The normalized spacial score (nSPS) is 20.5. The SMILES string of the molecule is c1ccc(CC[C@@H]2CN[C@@H](c3ccc(-c4nnco4)cc3)CO2)cc1. The number of hydrogen-bond acceptors (Lipinski definition) is 5. The minimum atomic E-state index is 0.227. The smallest absolute Gasteiger partial charge is 0.247 e. The minimum absolute atomic E-state index is 0.227. The molecule has 0 aliphatic carbocycles. The van der Waals surface area contributed by atoms with Crippen LogP contribution in [0.2, 0.25) is 0 Å². The summed E-state index contributed by atoms with van der Waals surface area (Å²) < 4.78 is 11.3. The predicted molar refractivity (Wildman–Crippen MR) is 95.0 cm³/mol. The van der Waals surface area contributed by atoms with Gasteiger partial charge in [-0.1, -0.05) is 42.5 Å². The van der Waals surface area contributed by atoms with Crippen LogP contribution in [0.15, 0.2) is 65.4 Å². The fourth-order valence-electron chi connectivity index (χ4n) is 3.15. The average Bonchev–Trinajstić information content (AvgIpc) is 3.23. The molecule has 4 rings (SSSR count). The van der Waals surface area contributed by atoms with E-state index in [1.165, 1.54) is 17.5 Å². The Hall–Kier alpha value is -2.50. The molecule has 0 bridgehead atoms. The summed E-state index contributed by atoms with van der Waals surface area (Å²) in [6, 6.07) is 19.0. The van der Waals surface area contributed by atoms with Crippen LogP contribution in [0.3, 0.4) is 0 Å². The number of rotatable bonds is 5. The van der Waals surface area contributed by atoms with Gasteiger partial charge in [0.2, 0.25) is 12.3 Å². The molecule has 0 spiro atoms. The van der Waals surface area contributed by atoms with Crippen molar-refractivity contribution in [2.24, 2.45) is 0 Å². The van der Waals surface area contributed by atoms with Gasteiger partial charge in [-0.05, 0) is 36.1 Å². The summed E-state index contributed by atoms with van der Waals surface area (Å²) in [4.78, 5) is 0. The van der Waals surface area contributed by atoms with Crippen molar-refractivity contribution in [2.75, 3.05) is 13.2 Å². The van der Waals surface area contributed by atoms with Crippen LogP contribution in [0.25, 0.3) is 11.5 Å². The van der Waals surface area contributed by atoms with Gasteiger partial charge in [0, 0.05) is 12.1 Å². The third-order valence-electron chi connectivity index (χ3n) is 4.61. The van der Waals surface area contributed by atoms with Crippen LogP contribution in [0.5, 0.6) is 0 Å². The van der Waals surface area contributed by atoms with Crippen molar-refractivity contribution in [1.82, 2.24) is 15.5 Å². The van der Waals surface area contributed by atoms with Gasteiger partial charge < -0.3 is 14.5 Å². The van der Waals surface area contributed by atoms with E-state index in [9.17, 15) is 0 Å². The first-order valence-corrected chi connectivity index (χ1v) is 8.64. The van der Waals surface area contributed by atoms with Gasteiger partial charge in [0.15, 0.2) is 0 Å². The lowest BCUT2D eigenvalue weighted by Gasteiger charge is -2.30. The summed E-state index contributed by atoms with van der Waals surface area (Å²) in [5.41, 5.74) is 3.51. The molecule has 1 aliphatic heterocycles. The second kappa shape index (κ2) is 7.59. The highest BCUT2D eigenvalue weighted by molar-refractivity contribution is 5.53. The third-order valence-corrected chi connectivity index (χ3v) is 4.61. The molecule has 0 amide bonds. The molecular formula is C20H21N3O2. The Kier molecular flexibility index (Phi) is 4.86. The molecular weight excluding hydrogens is 314 g/mol. The second-order valence-corrected chi connectivity index (χ2v) is 6.31. The highest BCUT2D eigenvalue weighted by Crippen LogP contribution is 2.23. The Bertz CT molecular complexity index is 764. The van der Waals surface area contributed by atoms with Crippen LogP contribution in [0.4, 0.5) is 0 Å². The molecule has 2 aromatic carbocycles. The zero-order chi connectivity index (χ0) is 16.9. The molecule has 0 unspecified atom stereocenters. The van der Waals surface area contributed by atoms with E-state index in [4.69, 9.17) is 9.15 Å². The Balaban J connectivity index is 1.29. The van der Waals surface area contributed by atoms with Crippen molar-refractivity contribution in [1.29, 1.82) is 0 Å². The molecule has 2 heterocycles. The van der Waals surface area contributed by atoms with Crippen LogP contribution in [0, 0.1) is 0 Å². The van der Waals surface area contributed by atoms with E-state index in [1.807, 2.05) is 12.1 Å². The van der Waals surface area contributed by atoms with Crippen molar-refractivity contribution in [3.8, 4) is 11.5 Å². The van der Waals surface area contributed by atoms with E-state index >= 15 is 0 Å². The Morgan fingerprint density at radius 2 is 1.88 bits per heavy atom. The van der Waals surface area contributed by atoms with Crippen molar-refractivity contribution in [2.45, 2.75) is 25.0 Å². The molecule has 25 heavy (non-hydrogen) atoms. The van der Waals surface area contributed by atoms with E-state index in [1.54, 1.807) is 0 Å². The van der Waals surface area contributed by atoms with Crippen molar-refractivity contribution in [3.05, 3.63) is 72.1 Å². The van der Waals surface area contributed by atoms with E-state index in [2.05, 4.69) is 58.0 Å². The van der Waals surface area contributed by atoms with Crippen LogP contribution in [-0.2, 0) is 11.2 Å². The lowest BCUT2D eigenvalue weighted by molar-refractivity contribution is -0.000441. The van der Waals surface area contributed by atoms with Gasteiger partial charge in [0.1, 0.15) is 0 Å². The largest absolute Gasteiger partial charge is 0.423 e. The lowest BCUT2D eigenvalue weighted by atomic mass is 10.0. The number of nitrogens with zero attached hydrogens (tertiary/aromatic N) is 2. The van der Waals surface area contributed by atoms with E-state index < -0.39 is 0 Å². The standard InChI is InChI=1S/C20H21N3O2/c1-2-4-15(5-3-1)6-11-18-12-21-19(13-24-18)16-7-9-17(10-8-16)20-23-22-14-25-20/h1-5,7-10,14,18-19,21H,6,11-13H2/t18-,19-/m1/s1. The van der Waals surface area contributed by atoms with Crippen molar-refractivity contribution >= 4 is 0 Å². The Morgan fingerprint density at radius 3 is 2.56 bits per heavy atom. The molecule has 128 valence electrons. The van der Waals surface area contributed by atoms with Gasteiger partial charge in [-0.2, -0.15) is 0 Å². The topological polar surface area (TPSA) is 60.2 Å². The molecule has 2 atom stereocenters. The Labute approximate surface area is 147 Å². The molecule has 3 aromatic rings. The summed E-state index contributed by atoms with van der Waals surface area (Å²) in [6.45, 7) is 1.57. The number of morpholine rings is 1. The van der Waals surface area contributed by atoms with Crippen LogP contribution < -0.4 is 5.32 Å². The fourth-order valence-corrected chi connectivity index (χ4v) is 3.15. The number of aromatic nitrogens is 2. The molecule has 0 radical (unpaired) electrons. The maximum atomic E-state index is 6.07. The van der Waals surface area contributed by atoms with E-state index in [-0.39, 0.29) is 12.1 Å². The average molecular weight is 335 g/mol. The summed E-state index contributed by atoms with van der Waals surface area (Å²) in [5, 5.41) is 11.2. The van der Waals surface area contributed by atoms with Gasteiger partial charge >= 0.3 is 0 Å². The number of hydrogen-bond donors (Lipinski definition) is 1. The Morgan fingerprint density at radius 1 is 1.04 bits per heavy atom. The third kappa shape index (κ3) is 3.95. The second-order valence-electron chi connectivity index (χ2n) is 6.31. The number of aryl methyl sites for hydroxylation is 1. The van der Waals surface area contributed by atoms with Crippen LogP contribution in [-0.4, -0.2) is 29.5 Å².